The van der Waals surface area contributed by atoms with E-state index >= 15 is 0 Å². The first-order valence-electron chi connectivity index (χ1n) is 8.30. The SMILES string of the molecule is CC(=O)NCC[C@H]1CCCCN1Cc1ccc2c(c1)OC(F)(F)O2. The molecule has 0 radical (unpaired) electrons. The van der Waals surface area contributed by atoms with E-state index < -0.39 is 6.29 Å². The molecule has 2 aliphatic heterocycles. The number of alkyl halides is 2. The quantitative estimate of drug-likeness (QED) is 0.895. The molecule has 0 aromatic heterocycles. The summed E-state index contributed by atoms with van der Waals surface area (Å²) in [5, 5.41) is 2.83. The topological polar surface area (TPSA) is 50.8 Å². The fraction of sp³-hybridized carbons (Fsp3) is 0.588. The second-order valence-corrected chi connectivity index (χ2v) is 6.34. The Bertz CT molecular complexity index is 609. The highest BCUT2D eigenvalue weighted by Crippen LogP contribution is 2.41. The van der Waals surface area contributed by atoms with E-state index in [1.54, 1.807) is 12.1 Å². The molecule has 24 heavy (non-hydrogen) atoms. The van der Waals surface area contributed by atoms with E-state index in [9.17, 15) is 13.6 Å². The lowest BCUT2D eigenvalue weighted by Gasteiger charge is -2.36. The predicted octanol–water partition coefficient (Wildman–Crippen LogP) is 2.89. The number of nitrogens with one attached hydrogen (secondary N) is 1. The van der Waals surface area contributed by atoms with Crippen LogP contribution in [0.4, 0.5) is 8.78 Å². The highest BCUT2D eigenvalue weighted by molar-refractivity contribution is 5.72. The number of ether oxygens (including phenoxy) is 2. The molecule has 2 heterocycles. The molecular weight excluding hydrogens is 318 g/mol. The van der Waals surface area contributed by atoms with Crippen LogP contribution in [0.2, 0.25) is 0 Å². The Morgan fingerprint density at radius 1 is 1.33 bits per heavy atom. The number of nitrogens with zero attached hydrogens (tertiary/aromatic N) is 1. The van der Waals surface area contributed by atoms with Crippen molar-refractivity contribution in [2.75, 3.05) is 13.1 Å². The summed E-state index contributed by atoms with van der Waals surface area (Å²) in [4.78, 5) is 13.4. The lowest BCUT2D eigenvalue weighted by atomic mass is 9.98. The summed E-state index contributed by atoms with van der Waals surface area (Å²) < 4.78 is 35.2. The third-order valence-corrected chi connectivity index (χ3v) is 4.45. The number of carbonyl (C=O) groups is 1. The van der Waals surface area contributed by atoms with Crippen molar-refractivity contribution in [2.24, 2.45) is 0 Å². The predicted molar refractivity (Wildman–Crippen MR) is 84.0 cm³/mol. The first-order chi connectivity index (χ1) is 11.4. The van der Waals surface area contributed by atoms with Crippen LogP contribution in [0, 0.1) is 0 Å². The summed E-state index contributed by atoms with van der Waals surface area (Å²) in [7, 11) is 0. The normalized spacial score (nSPS) is 22.4. The zero-order chi connectivity index (χ0) is 17.2. The monoisotopic (exact) mass is 340 g/mol. The number of hydrogen-bond donors (Lipinski definition) is 1. The first kappa shape index (κ1) is 17.0. The number of hydrogen-bond acceptors (Lipinski definition) is 4. The van der Waals surface area contributed by atoms with Gasteiger partial charge in [0.1, 0.15) is 0 Å². The molecule has 1 aromatic rings. The Morgan fingerprint density at radius 2 is 2.12 bits per heavy atom. The minimum absolute atomic E-state index is 0.0194. The summed E-state index contributed by atoms with van der Waals surface area (Å²) in [6, 6.07) is 5.33. The molecule has 0 aliphatic carbocycles. The molecule has 1 N–H and O–H groups in total. The van der Waals surface area contributed by atoms with Gasteiger partial charge in [-0.25, -0.2) is 0 Å². The van der Waals surface area contributed by atoms with Gasteiger partial charge in [-0.1, -0.05) is 12.5 Å². The Balaban J connectivity index is 1.62. The number of rotatable bonds is 5. The third-order valence-electron chi connectivity index (χ3n) is 4.45. The number of fused-ring (bicyclic) bond motifs is 1. The van der Waals surface area contributed by atoms with Crippen molar-refractivity contribution in [2.45, 2.75) is 51.5 Å². The largest absolute Gasteiger partial charge is 0.586 e. The van der Waals surface area contributed by atoms with Crippen LogP contribution in [0.25, 0.3) is 0 Å². The zero-order valence-corrected chi connectivity index (χ0v) is 13.7. The van der Waals surface area contributed by atoms with Gasteiger partial charge in [-0.2, -0.15) is 0 Å². The summed E-state index contributed by atoms with van der Waals surface area (Å²) in [5.74, 6) is 0.142. The number of piperidine rings is 1. The van der Waals surface area contributed by atoms with Gasteiger partial charge in [0.2, 0.25) is 5.91 Å². The molecule has 1 saturated heterocycles. The first-order valence-corrected chi connectivity index (χ1v) is 8.30. The minimum atomic E-state index is -3.58. The van der Waals surface area contributed by atoms with Crippen LogP contribution in [0.5, 0.6) is 11.5 Å². The minimum Gasteiger partial charge on any atom is -0.395 e. The highest BCUT2D eigenvalue weighted by Gasteiger charge is 2.43. The molecule has 0 bridgehead atoms. The molecule has 1 amide bonds. The van der Waals surface area contributed by atoms with E-state index in [1.807, 2.05) is 0 Å². The molecule has 1 fully saturated rings. The lowest BCUT2D eigenvalue weighted by Crippen LogP contribution is -2.41. The summed E-state index contributed by atoms with van der Waals surface area (Å²) in [5.41, 5.74) is 0.918. The van der Waals surface area contributed by atoms with E-state index in [2.05, 4.69) is 19.7 Å². The zero-order valence-electron chi connectivity index (χ0n) is 13.7. The number of likely N-dealkylation sites (tertiary alicyclic amines) is 1. The average molecular weight is 340 g/mol. The fourth-order valence-electron chi connectivity index (χ4n) is 3.34. The molecule has 7 heteroatoms. The fourth-order valence-corrected chi connectivity index (χ4v) is 3.34. The summed E-state index contributed by atoms with van der Waals surface area (Å²) in [6.45, 7) is 3.81. The Hall–Kier alpha value is -1.89. The molecule has 132 valence electrons. The van der Waals surface area contributed by atoms with Crippen LogP contribution >= 0.6 is 0 Å². The van der Waals surface area contributed by atoms with Crippen molar-refractivity contribution >= 4 is 5.91 Å². The number of carbonyl (C=O) groups excluding carboxylic acids is 1. The van der Waals surface area contributed by atoms with E-state index in [0.29, 0.717) is 19.1 Å². The highest BCUT2D eigenvalue weighted by atomic mass is 19.3. The average Bonchev–Trinajstić information content (AvgIpc) is 2.82. The van der Waals surface area contributed by atoms with Gasteiger partial charge in [-0.15, -0.1) is 8.78 Å². The van der Waals surface area contributed by atoms with Crippen molar-refractivity contribution in [1.29, 1.82) is 0 Å². The Morgan fingerprint density at radius 3 is 2.92 bits per heavy atom. The third kappa shape index (κ3) is 4.14. The smallest absolute Gasteiger partial charge is 0.395 e. The molecule has 1 atom stereocenters. The van der Waals surface area contributed by atoms with Crippen LogP contribution in [-0.4, -0.2) is 36.2 Å². The van der Waals surface area contributed by atoms with Gasteiger partial charge in [-0.05, 0) is 43.5 Å². The van der Waals surface area contributed by atoms with Crippen molar-refractivity contribution in [3.63, 3.8) is 0 Å². The summed E-state index contributed by atoms with van der Waals surface area (Å²) in [6.07, 6.45) is 0.700. The van der Waals surface area contributed by atoms with Crippen molar-refractivity contribution in [3.8, 4) is 11.5 Å². The number of amides is 1. The summed E-state index contributed by atoms with van der Waals surface area (Å²) >= 11 is 0. The maximum absolute atomic E-state index is 13.1. The van der Waals surface area contributed by atoms with E-state index in [4.69, 9.17) is 0 Å². The van der Waals surface area contributed by atoms with Gasteiger partial charge < -0.3 is 14.8 Å². The maximum atomic E-state index is 13.1. The van der Waals surface area contributed by atoms with Gasteiger partial charge in [0.25, 0.3) is 0 Å². The van der Waals surface area contributed by atoms with Crippen molar-refractivity contribution in [3.05, 3.63) is 23.8 Å². The van der Waals surface area contributed by atoms with Gasteiger partial charge in [-0.3, -0.25) is 9.69 Å². The number of halogens is 2. The molecule has 3 rings (SSSR count). The Kier molecular flexibility index (Phi) is 4.89. The van der Waals surface area contributed by atoms with Gasteiger partial charge >= 0.3 is 6.29 Å². The second-order valence-electron chi connectivity index (χ2n) is 6.34. The maximum Gasteiger partial charge on any atom is 0.586 e. The molecule has 5 nitrogen and oxygen atoms in total. The van der Waals surface area contributed by atoms with Crippen LogP contribution in [0.1, 0.15) is 38.2 Å². The number of benzene rings is 1. The van der Waals surface area contributed by atoms with Gasteiger partial charge in [0.15, 0.2) is 11.5 Å². The van der Waals surface area contributed by atoms with Gasteiger partial charge in [0, 0.05) is 26.1 Å². The Labute approximate surface area is 139 Å². The van der Waals surface area contributed by atoms with E-state index in [1.165, 1.54) is 19.4 Å². The van der Waals surface area contributed by atoms with Crippen LogP contribution in [0.15, 0.2) is 18.2 Å². The van der Waals surface area contributed by atoms with Crippen LogP contribution in [0.3, 0.4) is 0 Å². The molecule has 2 aliphatic rings. The van der Waals surface area contributed by atoms with Crippen LogP contribution < -0.4 is 14.8 Å². The van der Waals surface area contributed by atoms with Crippen LogP contribution in [-0.2, 0) is 11.3 Å². The molecular formula is C17H22F2N2O3. The van der Waals surface area contributed by atoms with Gasteiger partial charge in [0.05, 0.1) is 0 Å². The van der Waals surface area contributed by atoms with Crippen molar-refractivity contribution in [1.82, 2.24) is 10.2 Å². The van der Waals surface area contributed by atoms with E-state index in [-0.39, 0.29) is 17.4 Å². The van der Waals surface area contributed by atoms with Crippen molar-refractivity contribution < 1.29 is 23.0 Å². The molecule has 0 saturated carbocycles. The standard InChI is InChI=1S/C17H22F2N2O3/c1-12(22)20-8-7-14-4-2-3-9-21(14)11-13-5-6-15-16(10-13)24-17(18,19)23-15/h5-6,10,14H,2-4,7-9,11H2,1H3,(H,20,22)/t14-/m1/s1. The molecule has 1 aromatic carbocycles. The molecule has 0 spiro atoms. The lowest BCUT2D eigenvalue weighted by molar-refractivity contribution is -0.286. The van der Waals surface area contributed by atoms with E-state index in [0.717, 1.165) is 31.4 Å². The molecule has 0 unspecified atom stereocenters. The second kappa shape index (κ2) is 6.93.